The Hall–Kier alpha value is -2.16. The van der Waals surface area contributed by atoms with Crippen LogP contribution in [-0.4, -0.2) is 24.1 Å². The topological polar surface area (TPSA) is 83.8 Å². The molecule has 1 aliphatic carbocycles. The molecule has 0 amide bonds. The van der Waals surface area contributed by atoms with Crippen molar-refractivity contribution in [1.29, 1.82) is 0 Å². The Bertz CT molecular complexity index is 759. The van der Waals surface area contributed by atoms with Gasteiger partial charge in [0.05, 0.1) is 0 Å². The van der Waals surface area contributed by atoms with E-state index in [2.05, 4.69) is 10.8 Å². The van der Waals surface area contributed by atoms with Gasteiger partial charge >= 0.3 is 15.6 Å². The summed E-state index contributed by atoms with van der Waals surface area (Å²) in [6.45, 7) is 7.15. The summed E-state index contributed by atoms with van der Waals surface area (Å²) in [5.74, 6) is -2.14. The van der Waals surface area contributed by atoms with Gasteiger partial charge in [0.2, 0.25) is 0 Å². The highest BCUT2D eigenvalue weighted by atomic mass is 32.2. The first-order chi connectivity index (χ1) is 11.9. The number of phenols is 2. The number of aromatic hydroxyl groups is 2. The molecule has 0 bridgehead atoms. The summed E-state index contributed by atoms with van der Waals surface area (Å²) in [7, 11) is -5.86. The Morgan fingerprint density at radius 3 is 2.19 bits per heavy atom. The van der Waals surface area contributed by atoms with E-state index in [1.807, 2.05) is 19.9 Å². The van der Waals surface area contributed by atoms with E-state index < -0.39 is 32.9 Å². The van der Waals surface area contributed by atoms with E-state index in [-0.39, 0.29) is 11.5 Å². The number of hydrogen-bond acceptors (Lipinski definition) is 5. The highest BCUT2D eigenvalue weighted by molar-refractivity contribution is 7.88. The average Bonchev–Trinajstić information content (AvgIpc) is 2.45. The minimum atomic E-state index is -5.86. The largest absolute Gasteiger partial charge is 0.534 e. The zero-order valence-corrected chi connectivity index (χ0v) is 15.2. The molecule has 1 atom stereocenters. The van der Waals surface area contributed by atoms with E-state index in [4.69, 9.17) is 0 Å². The number of allylic oxidation sites excluding steroid dienone is 3. The predicted octanol–water partition coefficient (Wildman–Crippen LogP) is 4.73. The van der Waals surface area contributed by atoms with Crippen LogP contribution in [0, 0.1) is 0 Å². The molecule has 0 aliphatic heterocycles. The van der Waals surface area contributed by atoms with E-state index in [0.29, 0.717) is 6.42 Å². The Kier molecular flexibility index (Phi) is 7.14. The van der Waals surface area contributed by atoms with Crippen LogP contribution in [0.3, 0.4) is 0 Å². The fourth-order valence-corrected chi connectivity index (χ4v) is 2.98. The molecule has 5 nitrogen and oxygen atoms in total. The zero-order valence-electron chi connectivity index (χ0n) is 14.4. The third-order valence-corrected chi connectivity index (χ3v) is 4.52. The summed E-state index contributed by atoms with van der Waals surface area (Å²) < 4.78 is 62.7. The molecule has 0 saturated carbocycles. The van der Waals surface area contributed by atoms with Gasteiger partial charge in [-0.1, -0.05) is 17.7 Å². The smallest absolute Gasteiger partial charge is 0.507 e. The first-order valence-electron chi connectivity index (χ1n) is 7.74. The van der Waals surface area contributed by atoms with Crippen molar-refractivity contribution >= 4 is 10.1 Å². The first-order valence-corrected chi connectivity index (χ1v) is 9.14. The highest BCUT2D eigenvalue weighted by Gasteiger charge is 2.48. The lowest BCUT2D eigenvalue weighted by atomic mass is 9.85. The minimum Gasteiger partial charge on any atom is -0.507 e. The molecule has 1 aliphatic rings. The zero-order chi connectivity index (χ0) is 20.1. The maximum Gasteiger partial charge on any atom is 0.534 e. The molecule has 0 radical (unpaired) electrons. The number of benzene rings is 1. The van der Waals surface area contributed by atoms with Gasteiger partial charge in [0, 0.05) is 23.6 Å². The second-order valence-electron chi connectivity index (χ2n) is 5.78. The molecule has 1 aromatic rings. The standard InChI is InChI=1S/C14H15F3O5S.C3H6/c1-8-3-2-4-9(5-8)13-11(18)6-10(7-12(13)19)22-23(20,21)14(15,16)17;1-3-2/h5-7,9,18-19H,2-4H2,1H3;3H,1H2,2H3. The molecule has 2 rings (SSSR count). The van der Waals surface area contributed by atoms with Crippen molar-refractivity contribution in [2.45, 2.75) is 44.5 Å². The number of halogens is 3. The fraction of sp³-hybridized carbons (Fsp3) is 0.412. The summed E-state index contributed by atoms with van der Waals surface area (Å²) in [5.41, 5.74) is -4.39. The van der Waals surface area contributed by atoms with Crippen LogP contribution >= 0.6 is 0 Å². The van der Waals surface area contributed by atoms with Crippen LogP contribution in [0.15, 0.2) is 36.4 Å². The summed E-state index contributed by atoms with van der Waals surface area (Å²) in [5, 5.41) is 19.9. The summed E-state index contributed by atoms with van der Waals surface area (Å²) in [4.78, 5) is 0. The quantitative estimate of drug-likeness (QED) is 0.440. The average molecular weight is 394 g/mol. The van der Waals surface area contributed by atoms with Gasteiger partial charge in [-0.25, -0.2) is 0 Å². The van der Waals surface area contributed by atoms with Gasteiger partial charge in [0.15, 0.2) is 0 Å². The maximum atomic E-state index is 12.3. The number of alkyl halides is 3. The Labute approximate surface area is 150 Å². The van der Waals surface area contributed by atoms with Crippen molar-refractivity contribution in [2.75, 3.05) is 0 Å². The van der Waals surface area contributed by atoms with Gasteiger partial charge in [-0.2, -0.15) is 21.6 Å². The van der Waals surface area contributed by atoms with Crippen LogP contribution in [0.5, 0.6) is 17.2 Å². The second-order valence-corrected chi connectivity index (χ2v) is 7.32. The molecule has 0 fully saturated rings. The van der Waals surface area contributed by atoms with Crippen molar-refractivity contribution in [3.63, 3.8) is 0 Å². The maximum absolute atomic E-state index is 12.3. The number of phenolic OH excluding ortho intramolecular Hbond substituents is 2. The first kappa shape index (κ1) is 21.9. The third kappa shape index (κ3) is 5.42. The molecule has 1 aromatic carbocycles. The Balaban J connectivity index is 0.00000105. The monoisotopic (exact) mass is 394 g/mol. The van der Waals surface area contributed by atoms with Crippen molar-refractivity contribution in [1.82, 2.24) is 0 Å². The van der Waals surface area contributed by atoms with Crippen molar-refractivity contribution < 1.29 is 36.0 Å². The molecule has 146 valence electrons. The van der Waals surface area contributed by atoms with Crippen LogP contribution in [0.25, 0.3) is 0 Å². The lowest BCUT2D eigenvalue weighted by molar-refractivity contribution is -0.0500. The van der Waals surface area contributed by atoms with Crippen LogP contribution < -0.4 is 4.18 Å². The van der Waals surface area contributed by atoms with E-state index in [1.165, 1.54) is 0 Å². The van der Waals surface area contributed by atoms with Gasteiger partial charge in [-0.15, -0.1) is 6.58 Å². The number of hydrogen-bond donors (Lipinski definition) is 2. The molecular formula is C17H21F3O5S. The molecule has 0 saturated heterocycles. The van der Waals surface area contributed by atoms with Crippen LogP contribution in [0.2, 0.25) is 0 Å². The van der Waals surface area contributed by atoms with E-state index in [0.717, 1.165) is 30.5 Å². The number of rotatable bonds is 3. The molecule has 0 aromatic heterocycles. The van der Waals surface area contributed by atoms with Crippen molar-refractivity contribution in [3.05, 3.63) is 42.0 Å². The van der Waals surface area contributed by atoms with Crippen LogP contribution in [0.4, 0.5) is 13.2 Å². The molecule has 0 spiro atoms. The Morgan fingerprint density at radius 2 is 1.77 bits per heavy atom. The van der Waals surface area contributed by atoms with Gasteiger partial charge in [-0.3, -0.25) is 0 Å². The second kappa shape index (κ2) is 8.48. The molecule has 1 unspecified atom stereocenters. The van der Waals surface area contributed by atoms with Crippen molar-refractivity contribution in [3.8, 4) is 17.2 Å². The third-order valence-electron chi connectivity index (χ3n) is 3.54. The van der Waals surface area contributed by atoms with E-state index in [9.17, 15) is 31.8 Å². The van der Waals surface area contributed by atoms with Gasteiger partial charge < -0.3 is 14.4 Å². The fourth-order valence-electron chi connectivity index (χ4n) is 2.54. The predicted molar refractivity (Wildman–Crippen MR) is 91.6 cm³/mol. The molecule has 2 N–H and O–H groups in total. The lowest BCUT2D eigenvalue weighted by Gasteiger charge is -2.22. The van der Waals surface area contributed by atoms with Crippen LogP contribution in [-0.2, 0) is 10.1 Å². The summed E-state index contributed by atoms with van der Waals surface area (Å²) in [6.07, 6.45) is 5.99. The SMILES string of the molecule is C=CC.CC1=CC(c2c(O)cc(OS(=O)(=O)C(F)(F)F)cc2O)CCC1. The Morgan fingerprint density at radius 1 is 1.27 bits per heavy atom. The van der Waals surface area contributed by atoms with E-state index >= 15 is 0 Å². The van der Waals surface area contributed by atoms with Gasteiger partial charge in [-0.05, 0) is 33.1 Å². The van der Waals surface area contributed by atoms with Crippen molar-refractivity contribution in [2.24, 2.45) is 0 Å². The highest BCUT2D eigenvalue weighted by Crippen LogP contribution is 2.43. The lowest BCUT2D eigenvalue weighted by Crippen LogP contribution is -2.28. The molecule has 0 heterocycles. The van der Waals surface area contributed by atoms with E-state index in [1.54, 1.807) is 6.08 Å². The molecular weight excluding hydrogens is 373 g/mol. The van der Waals surface area contributed by atoms with Crippen LogP contribution in [0.1, 0.15) is 44.6 Å². The summed E-state index contributed by atoms with van der Waals surface area (Å²) in [6, 6.07) is 1.49. The normalized spacial score (nSPS) is 17.6. The minimum absolute atomic E-state index is 0.140. The molecule has 26 heavy (non-hydrogen) atoms. The van der Waals surface area contributed by atoms with Gasteiger partial charge in [0.25, 0.3) is 0 Å². The van der Waals surface area contributed by atoms with Gasteiger partial charge in [0.1, 0.15) is 17.2 Å². The summed E-state index contributed by atoms with van der Waals surface area (Å²) >= 11 is 0. The molecule has 9 heteroatoms.